The van der Waals surface area contributed by atoms with Crippen LogP contribution < -0.4 is 16.3 Å². The first-order chi connectivity index (χ1) is 11.2. The average molecular weight is 306 g/mol. The fourth-order valence-corrected chi connectivity index (χ4v) is 2.69. The van der Waals surface area contributed by atoms with Gasteiger partial charge in [0.25, 0.3) is 11.7 Å². The Hall–Kier alpha value is -3.12. The second-order valence-corrected chi connectivity index (χ2v) is 5.44. The number of anilines is 1. The van der Waals surface area contributed by atoms with Crippen LogP contribution in [0.2, 0.25) is 0 Å². The van der Waals surface area contributed by atoms with Gasteiger partial charge in [0.15, 0.2) is 0 Å². The summed E-state index contributed by atoms with van der Waals surface area (Å²) >= 11 is 0. The van der Waals surface area contributed by atoms with E-state index in [4.69, 9.17) is 0 Å². The Morgan fingerprint density at radius 1 is 1.00 bits per heavy atom. The average Bonchev–Trinajstić information content (AvgIpc) is 3.15. The Morgan fingerprint density at radius 2 is 1.83 bits per heavy atom. The first-order valence-corrected chi connectivity index (χ1v) is 7.25. The quantitative estimate of drug-likeness (QED) is 0.752. The number of carbonyl (C=O) groups is 2. The molecule has 2 aromatic rings. The van der Waals surface area contributed by atoms with Gasteiger partial charge in [0.1, 0.15) is 0 Å². The summed E-state index contributed by atoms with van der Waals surface area (Å²) in [5.41, 5.74) is 10.2. The molecule has 3 N–H and O–H groups in total. The van der Waals surface area contributed by atoms with Gasteiger partial charge in [-0.2, -0.15) is 0 Å². The van der Waals surface area contributed by atoms with Crippen LogP contribution >= 0.6 is 0 Å². The number of amides is 1. The molecule has 0 aromatic heterocycles. The van der Waals surface area contributed by atoms with Crippen LogP contribution in [0.15, 0.2) is 54.7 Å². The number of hydrazine groups is 2. The van der Waals surface area contributed by atoms with Gasteiger partial charge in [-0.25, -0.2) is 0 Å². The molecule has 6 nitrogen and oxygen atoms in total. The molecule has 0 atom stereocenters. The normalized spacial score (nSPS) is 16.0. The minimum absolute atomic E-state index is 0.437. The number of Topliss-reactive ketones (excluding diaryl/α,β-unsaturated/α-hetero) is 1. The van der Waals surface area contributed by atoms with Gasteiger partial charge < -0.3 is 10.7 Å². The topological polar surface area (TPSA) is 73.5 Å². The Labute approximate surface area is 132 Å². The van der Waals surface area contributed by atoms with Crippen molar-refractivity contribution in [3.63, 3.8) is 0 Å². The Bertz CT molecular complexity index is 830. The highest BCUT2D eigenvalue weighted by atomic mass is 16.2. The van der Waals surface area contributed by atoms with E-state index in [1.54, 1.807) is 12.1 Å². The smallest absolute Gasteiger partial charge is 0.296 e. The summed E-state index contributed by atoms with van der Waals surface area (Å²) in [7, 11) is 0. The highest BCUT2D eigenvalue weighted by Crippen LogP contribution is 2.25. The van der Waals surface area contributed by atoms with Crippen LogP contribution in [0.3, 0.4) is 0 Å². The first-order valence-electron chi connectivity index (χ1n) is 7.25. The van der Waals surface area contributed by atoms with Crippen molar-refractivity contribution in [1.82, 2.24) is 16.0 Å². The van der Waals surface area contributed by atoms with Crippen LogP contribution in [-0.4, -0.2) is 16.7 Å². The summed E-state index contributed by atoms with van der Waals surface area (Å²) in [6.07, 6.45) is 1.97. The van der Waals surface area contributed by atoms with Crippen molar-refractivity contribution in [3.05, 3.63) is 71.4 Å². The van der Waals surface area contributed by atoms with Gasteiger partial charge >= 0.3 is 0 Å². The molecule has 6 heteroatoms. The third-order valence-corrected chi connectivity index (χ3v) is 3.84. The maximum atomic E-state index is 11.8. The molecule has 0 saturated heterocycles. The van der Waals surface area contributed by atoms with Gasteiger partial charge in [0.05, 0.1) is 23.5 Å². The molecule has 2 heterocycles. The van der Waals surface area contributed by atoms with Crippen LogP contribution in [0.25, 0.3) is 5.70 Å². The number of hydrogen-bond donors (Lipinski definition) is 3. The third-order valence-electron chi connectivity index (χ3n) is 3.84. The lowest BCUT2D eigenvalue weighted by atomic mass is 10.1. The second-order valence-electron chi connectivity index (χ2n) is 5.44. The van der Waals surface area contributed by atoms with Crippen LogP contribution in [0.1, 0.15) is 21.5 Å². The molecule has 0 aliphatic carbocycles. The van der Waals surface area contributed by atoms with Crippen molar-refractivity contribution < 1.29 is 9.59 Å². The predicted molar refractivity (Wildman–Crippen MR) is 85.6 cm³/mol. The fourth-order valence-electron chi connectivity index (χ4n) is 2.69. The zero-order valence-corrected chi connectivity index (χ0v) is 12.2. The number of ketones is 1. The van der Waals surface area contributed by atoms with Crippen molar-refractivity contribution in [2.24, 2.45) is 0 Å². The molecule has 23 heavy (non-hydrogen) atoms. The van der Waals surface area contributed by atoms with Gasteiger partial charge in [-0.3, -0.25) is 14.6 Å². The molecule has 0 fully saturated rings. The summed E-state index contributed by atoms with van der Waals surface area (Å²) in [5, 5.41) is 4.44. The van der Waals surface area contributed by atoms with E-state index in [9.17, 15) is 9.59 Å². The number of nitrogens with zero attached hydrogens (tertiary/aromatic N) is 1. The van der Waals surface area contributed by atoms with Gasteiger partial charge in [-0.05, 0) is 17.7 Å². The Morgan fingerprint density at radius 3 is 2.65 bits per heavy atom. The standard InChI is InChI=1S/C17H14N4O2/c22-16-13-8-11(6-7-14(13)18-17(16)23)9-21-10-15(19-20-21)12-4-2-1-3-5-12/h1-8,10,19-20H,9H2,(H,18,22,23). The minimum Gasteiger partial charge on any atom is -0.318 e. The van der Waals surface area contributed by atoms with Gasteiger partial charge in [0.2, 0.25) is 0 Å². The number of benzene rings is 2. The highest BCUT2D eigenvalue weighted by molar-refractivity contribution is 6.51. The molecular weight excluding hydrogens is 292 g/mol. The first kappa shape index (κ1) is 13.5. The number of hydrogen-bond acceptors (Lipinski definition) is 5. The van der Waals surface area contributed by atoms with Gasteiger partial charge in [0, 0.05) is 11.8 Å². The molecule has 2 aromatic carbocycles. The molecule has 0 bridgehead atoms. The van der Waals surface area contributed by atoms with E-state index in [0.29, 0.717) is 17.8 Å². The van der Waals surface area contributed by atoms with E-state index in [1.807, 2.05) is 47.6 Å². The van der Waals surface area contributed by atoms with Crippen LogP contribution in [0.5, 0.6) is 0 Å². The van der Waals surface area contributed by atoms with Crippen molar-refractivity contribution in [3.8, 4) is 0 Å². The molecule has 0 unspecified atom stereocenters. The number of rotatable bonds is 3. The lowest BCUT2D eigenvalue weighted by Crippen LogP contribution is -2.35. The Balaban J connectivity index is 1.53. The molecule has 0 saturated carbocycles. The second kappa shape index (κ2) is 5.26. The van der Waals surface area contributed by atoms with Gasteiger partial charge in [-0.1, -0.05) is 36.4 Å². The van der Waals surface area contributed by atoms with E-state index >= 15 is 0 Å². The zero-order valence-electron chi connectivity index (χ0n) is 12.2. The van der Waals surface area contributed by atoms with E-state index in [0.717, 1.165) is 16.8 Å². The minimum atomic E-state index is -0.565. The lowest BCUT2D eigenvalue weighted by molar-refractivity contribution is -0.112. The Kier molecular flexibility index (Phi) is 3.09. The maximum absolute atomic E-state index is 11.8. The molecular formula is C17H14N4O2. The SMILES string of the molecule is O=C1Nc2ccc(CN3C=C(c4ccccc4)NN3)cc2C1=O. The van der Waals surface area contributed by atoms with E-state index < -0.39 is 11.7 Å². The summed E-state index contributed by atoms with van der Waals surface area (Å²) in [6, 6.07) is 15.4. The van der Waals surface area contributed by atoms with Crippen molar-refractivity contribution in [2.75, 3.05) is 5.32 Å². The molecule has 2 aliphatic rings. The van der Waals surface area contributed by atoms with Crippen molar-refractivity contribution >= 4 is 23.1 Å². The zero-order chi connectivity index (χ0) is 15.8. The monoisotopic (exact) mass is 306 g/mol. The van der Waals surface area contributed by atoms with Crippen molar-refractivity contribution in [1.29, 1.82) is 0 Å². The van der Waals surface area contributed by atoms with Gasteiger partial charge in [-0.15, -0.1) is 5.53 Å². The number of nitrogens with one attached hydrogen (secondary N) is 3. The van der Waals surface area contributed by atoms with E-state index in [1.165, 1.54) is 0 Å². The predicted octanol–water partition coefficient (Wildman–Crippen LogP) is 1.64. The van der Waals surface area contributed by atoms with E-state index in [-0.39, 0.29) is 0 Å². The number of fused-ring (bicyclic) bond motifs is 1. The van der Waals surface area contributed by atoms with E-state index in [2.05, 4.69) is 16.3 Å². The molecule has 2 aliphatic heterocycles. The largest absolute Gasteiger partial charge is 0.318 e. The number of carbonyl (C=O) groups excluding carboxylic acids is 2. The highest BCUT2D eigenvalue weighted by Gasteiger charge is 2.28. The summed E-state index contributed by atoms with van der Waals surface area (Å²) in [4.78, 5) is 23.1. The summed E-state index contributed by atoms with van der Waals surface area (Å²) in [5.74, 6) is -1.04. The summed E-state index contributed by atoms with van der Waals surface area (Å²) < 4.78 is 0. The fraction of sp³-hybridized carbons (Fsp3) is 0.0588. The third kappa shape index (κ3) is 2.45. The molecule has 114 valence electrons. The molecule has 0 radical (unpaired) electrons. The van der Waals surface area contributed by atoms with Crippen molar-refractivity contribution in [2.45, 2.75) is 6.54 Å². The molecule has 4 rings (SSSR count). The van der Waals surface area contributed by atoms with Crippen LogP contribution in [0, 0.1) is 0 Å². The maximum Gasteiger partial charge on any atom is 0.296 e. The van der Waals surface area contributed by atoms with Crippen LogP contribution in [0.4, 0.5) is 5.69 Å². The van der Waals surface area contributed by atoms with Crippen LogP contribution in [-0.2, 0) is 11.3 Å². The molecule has 1 amide bonds. The molecule has 0 spiro atoms. The summed E-state index contributed by atoms with van der Waals surface area (Å²) in [6.45, 7) is 0.568. The lowest BCUT2D eigenvalue weighted by Gasteiger charge is -2.15.